The molecular formula is C15H14FNO4. The van der Waals surface area contributed by atoms with Gasteiger partial charge in [-0.2, -0.15) is 0 Å². The molecule has 5 nitrogen and oxygen atoms in total. The van der Waals surface area contributed by atoms with Crippen molar-refractivity contribution < 1.29 is 23.8 Å². The van der Waals surface area contributed by atoms with Gasteiger partial charge in [0.1, 0.15) is 11.7 Å². The molecule has 1 aromatic carbocycles. The molecule has 0 spiro atoms. The fourth-order valence-corrected chi connectivity index (χ4v) is 2.82. The van der Waals surface area contributed by atoms with Crippen LogP contribution in [-0.2, 0) is 20.9 Å². The van der Waals surface area contributed by atoms with Crippen molar-refractivity contribution in [1.29, 1.82) is 0 Å². The van der Waals surface area contributed by atoms with E-state index in [0.29, 0.717) is 0 Å². The van der Waals surface area contributed by atoms with Gasteiger partial charge in [0.25, 0.3) is 0 Å². The Labute approximate surface area is 120 Å². The number of carbonyl (C=O) groups excluding carboxylic acids is 1. The Morgan fingerprint density at radius 3 is 2.38 bits per heavy atom. The first kappa shape index (κ1) is 13.8. The molecule has 0 radical (unpaired) electrons. The molecule has 6 heteroatoms. The van der Waals surface area contributed by atoms with E-state index in [-0.39, 0.29) is 18.3 Å². The largest absolute Gasteiger partial charge is 0.481 e. The second kappa shape index (κ2) is 5.29. The van der Waals surface area contributed by atoms with Crippen LogP contribution in [0.1, 0.15) is 5.56 Å². The Morgan fingerprint density at radius 1 is 1.14 bits per heavy atom. The third-order valence-corrected chi connectivity index (χ3v) is 3.87. The summed E-state index contributed by atoms with van der Waals surface area (Å²) >= 11 is 0. The molecule has 0 saturated carbocycles. The zero-order valence-corrected chi connectivity index (χ0v) is 11.0. The first-order valence-electron chi connectivity index (χ1n) is 6.65. The number of halogens is 1. The van der Waals surface area contributed by atoms with Crippen LogP contribution in [0.5, 0.6) is 0 Å². The lowest BCUT2D eigenvalue weighted by Gasteiger charge is -2.21. The number of fused-ring (bicyclic) bond motifs is 2. The van der Waals surface area contributed by atoms with E-state index in [1.165, 1.54) is 12.1 Å². The molecule has 1 aromatic rings. The molecule has 21 heavy (non-hydrogen) atoms. The number of carbonyl (C=O) groups is 2. The Morgan fingerprint density at radius 2 is 1.76 bits per heavy atom. The van der Waals surface area contributed by atoms with Gasteiger partial charge in [0, 0.05) is 6.54 Å². The molecule has 0 unspecified atom stereocenters. The molecule has 110 valence electrons. The zero-order valence-electron chi connectivity index (χ0n) is 11.0. The molecular weight excluding hydrogens is 277 g/mol. The van der Waals surface area contributed by atoms with Crippen molar-refractivity contribution in [3.63, 3.8) is 0 Å². The predicted octanol–water partition coefficient (Wildman–Crippen LogP) is 1.10. The Kier molecular flexibility index (Phi) is 3.47. The second-order valence-corrected chi connectivity index (χ2v) is 5.18. The number of rotatable bonds is 4. The third-order valence-electron chi connectivity index (χ3n) is 3.87. The summed E-state index contributed by atoms with van der Waals surface area (Å²) in [5.41, 5.74) is 0.747. The number of amides is 1. The average Bonchev–Trinajstić information content (AvgIpc) is 3.06. The van der Waals surface area contributed by atoms with Crippen molar-refractivity contribution in [2.45, 2.75) is 18.8 Å². The fourth-order valence-electron chi connectivity index (χ4n) is 2.82. The zero-order chi connectivity index (χ0) is 15.0. The minimum Gasteiger partial charge on any atom is -0.481 e. The Hall–Kier alpha value is -2.21. The molecule has 3 rings (SSSR count). The van der Waals surface area contributed by atoms with Crippen molar-refractivity contribution in [1.82, 2.24) is 5.32 Å². The van der Waals surface area contributed by atoms with Gasteiger partial charge in [0.05, 0.1) is 18.1 Å². The minimum absolute atomic E-state index is 0.225. The summed E-state index contributed by atoms with van der Waals surface area (Å²) in [6, 6.07) is 5.76. The smallest absolute Gasteiger partial charge is 0.310 e. The number of hydrogen-bond acceptors (Lipinski definition) is 3. The maximum Gasteiger partial charge on any atom is 0.310 e. The van der Waals surface area contributed by atoms with E-state index in [4.69, 9.17) is 4.74 Å². The number of aliphatic carboxylic acids is 1. The summed E-state index contributed by atoms with van der Waals surface area (Å²) in [6.45, 7) is 0.225. The van der Waals surface area contributed by atoms with Crippen molar-refractivity contribution in [3.8, 4) is 0 Å². The topological polar surface area (TPSA) is 75.6 Å². The summed E-state index contributed by atoms with van der Waals surface area (Å²) in [4.78, 5) is 23.5. The van der Waals surface area contributed by atoms with Crippen LogP contribution >= 0.6 is 0 Å². The lowest BCUT2D eigenvalue weighted by atomic mass is 9.82. The highest BCUT2D eigenvalue weighted by atomic mass is 19.1. The second-order valence-electron chi connectivity index (χ2n) is 5.18. The number of hydrogen-bond donors (Lipinski definition) is 2. The van der Waals surface area contributed by atoms with Gasteiger partial charge in [0.2, 0.25) is 5.91 Å². The van der Waals surface area contributed by atoms with E-state index in [1.54, 1.807) is 24.3 Å². The molecule has 1 amide bonds. The van der Waals surface area contributed by atoms with Gasteiger partial charge >= 0.3 is 5.97 Å². The number of nitrogens with one attached hydrogen (secondary N) is 1. The normalized spacial score (nSPS) is 29.6. The fraction of sp³-hybridized carbons (Fsp3) is 0.333. The average molecular weight is 291 g/mol. The lowest BCUT2D eigenvalue weighted by Crippen LogP contribution is -2.42. The van der Waals surface area contributed by atoms with Crippen LogP contribution in [0, 0.1) is 17.7 Å². The van der Waals surface area contributed by atoms with Crippen LogP contribution < -0.4 is 5.32 Å². The van der Waals surface area contributed by atoms with Crippen LogP contribution in [-0.4, -0.2) is 29.2 Å². The summed E-state index contributed by atoms with van der Waals surface area (Å²) in [6.07, 6.45) is 2.40. The van der Waals surface area contributed by atoms with E-state index in [0.717, 1.165) is 5.56 Å². The van der Waals surface area contributed by atoms with Crippen LogP contribution in [0.25, 0.3) is 0 Å². The molecule has 2 aliphatic heterocycles. The standard InChI is InChI=1S/C15H14FNO4/c16-9-3-1-8(2-4-9)7-17-14(18)12-10-5-6-11(21-10)13(12)15(19)20/h1-6,10-13H,7H2,(H,17,18)(H,19,20)/t10-,11-,12+,13-/m0/s1. The molecule has 4 atom stereocenters. The SMILES string of the molecule is O=C(O)[C@@H]1[C@H](C(=O)NCc2ccc(F)cc2)[C@@H]2C=C[C@@H]1O2. The summed E-state index contributed by atoms with van der Waals surface area (Å²) in [5.74, 6) is -3.31. The molecule has 2 N–H and O–H groups in total. The van der Waals surface area contributed by atoms with Gasteiger partial charge in [-0.15, -0.1) is 0 Å². The Balaban J connectivity index is 1.66. The van der Waals surface area contributed by atoms with Crippen molar-refractivity contribution in [2.75, 3.05) is 0 Å². The number of carboxylic acids is 1. The molecule has 0 aromatic heterocycles. The maximum absolute atomic E-state index is 12.8. The van der Waals surface area contributed by atoms with E-state index in [1.807, 2.05) is 0 Å². The predicted molar refractivity (Wildman–Crippen MR) is 70.7 cm³/mol. The summed E-state index contributed by atoms with van der Waals surface area (Å²) in [5, 5.41) is 11.9. The highest BCUT2D eigenvalue weighted by Gasteiger charge is 2.53. The van der Waals surface area contributed by atoms with Crippen molar-refractivity contribution >= 4 is 11.9 Å². The van der Waals surface area contributed by atoms with Crippen LogP contribution in [0.15, 0.2) is 36.4 Å². The molecule has 1 saturated heterocycles. The monoisotopic (exact) mass is 291 g/mol. The van der Waals surface area contributed by atoms with Gasteiger partial charge in [-0.3, -0.25) is 9.59 Å². The minimum atomic E-state index is -1.03. The van der Waals surface area contributed by atoms with Gasteiger partial charge < -0.3 is 15.2 Å². The van der Waals surface area contributed by atoms with E-state index >= 15 is 0 Å². The highest BCUT2D eigenvalue weighted by Crippen LogP contribution is 2.39. The summed E-state index contributed by atoms with van der Waals surface area (Å²) in [7, 11) is 0. The van der Waals surface area contributed by atoms with Gasteiger partial charge in [-0.25, -0.2) is 4.39 Å². The third kappa shape index (κ3) is 2.54. The van der Waals surface area contributed by atoms with Crippen LogP contribution in [0.3, 0.4) is 0 Å². The van der Waals surface area contributed by atoms with Crippen LogP contribution in [0.2, 0.25) is 0 Å². The molecule has 2 aliphatic rings. The van der Waals surface area contributed by atoms with E-state index in [2.05, 4.69) is 5.32 Å². The number of benzene rings is 1. The summed E-state index contributed by atoms with van der Waals surface area (Å²) < 4.78 is 18.2. The number of carboxylic acid groups (broad SMARTS) is 1. The highest BCUT2D eigenvalue weighted by molar-refractivity contribution is 5.87. The quantitative estimate of drug-likeness (QED) is 0.814. The van der Waals surface area contributed by atoms with Gasteiger partial charge in [-0.05, 0) is 17.7 Å². The molecule has 2 bridgehead atoms. The van der Waals surface area contributed by atoms with Crippen molar-refractivity contribution in [2.24, 2.45) is 11.8 Å². The first-order valence-corrected chi connectivity index (χ1v) is 6.65. The first-order chi connectivity index (χ1) is 10.1. The Bertz CT molecular complexity index is 598. The van der Waals surface area contributed by atoms with E-state index < -0.39 is 30.0 Å². The van der Waals surface area contributed by atoms with Gasteiger partial charge in [-0.1, -0.05) is 24.3 Å². The lowest BCUT2D eigenvalue weighted by molar-refractivity contribution is -0.146. The maximum atomic E-state index is 12.8. The number of ether oxygens (including phenoxy) is 1. The van der Waals surface area contributed by atoms with Crippen LogP contribution in [0.4, 0.5) is 4.39 Å². The molecule has 1 fully saturated rings. The molecule has 0 aliphatic carbocycles. The van der Waals surface area contributed by atoms with Crippen molar-refractivity contribution in [3.05, 3.63) is 47.8 Å². The van der Waals surface area contributed by atoms with Gasteiger partial charge in [0.15, 0.2) is 0 Å². The molecule has 2 heterocycles. The van der Waals surface area contributed by atoms with E-state index in [9.17, 15) is 19.1 Å².